The zero-order valence-electron chi connectivity index (χ0n) is 8.80. The predicted octanol–water partition coefficient (Wildman–Crippen LogP) is 0.0908. The van der Waals surface area contributed by atoms with E-state index in [0.717, 1.165) is 25.9 Å². The van der Waals surface area contributed by atoms with Gasteiger partial charge in [-0.3, -0.25) is 4.79 Å². The van der Waals surface area contributed by atoms with Crippen LogP contribution in [-0.2, 0) is 9.53 Å². The monoisotopic (exact) mass is 188 g/mol. The van der Waals surface area contributed by atoms with Gasteiger partial charge in [-0.05, 0) is 33.5 Å². The average molecular weight is 188 g/mol. The van der Waals surface area contributed by atoms with E-state index in [1.165, 1.54) is 7.11 Å². The molecular weight excluding hydrogens is 168 g/mol. The highest BCUT2D eigenvalue weighted by Crippen LogP contribution is 1.88. The summed E-state index contributed by atoms with van der Waals surface area (Å²) < 4.78 is 4.68. The van der Waals surface area contributed by atoms with Crippen LogP contribution in [-0.4, -0.2) is 51.7 Å². The van der Waals surface area contributed by atoms with Crippen LogP contribution in [0.5, 0.6) is 0 Å². The van der Waals surface area contributed by atoms with E-state index in [2.05, 4.69) is 15.0 Å². The summed E-state index contributed by atoms with van der Waals surface area (Å²) in [5.74, 6) is -0.0349. The van der Waals surface area contributed by atoms with Crippen molar-refractivity contribution in [2.24, 2.45) is 0 Å². The summed E-state index contributed by atoms with van der Waals surface area (Å²) in [4.78, 5) is 13.0. The van der Waals surface area contributed by atoms with Gasteiger partial charge in [-0.2, -0.15) is 0 Å². The van der Waals surface area contributed by atoms with Crippen molar-refractivity contribution in [1.29, 1.82) is 0 Å². The quantitative estimate of drug-likeness (QED) is 0.576. The van der Waals surface area contributed by atoms with Gasteiger partial charge in [0.2, 0.25) is 5.91 Å². The van der Waals surface area contributed by atoms with Crippen LogP contribution in [0.1, 0.15) is 12.8 Å². The first-order valence-corrected chi connectivity index (χ1v) is 4.57. The Hall–Kier alpha value is -0.610. The van der Waals surface area contributed by atoms with Crippen molar-refractivity contribution in [3.63, 3.8) is 0 Å². The number of methoxy groups -OCH3 is 1. The van der Waals surface area contributed by atoms with Gasteiger partial charge in [-0.25, -0.2) is 0 Å². The lowest BCUT2D eigenvalue weighted by molar-refractivity contribution is -0.124. The number of nitrogens with one attached hydrogen (secondary N) is 1. The van der Waals surface area contributed by atoms with E-state index in [-0.39, 0.29) is 12.5 Å². The van der Waals surface area contributed by atoms with Gasteiger partial charge in [0.15, 0.2) is 0 Å². The normalized spacial score (nSPS) is 10.5. The molecule has 0 bridgehead atoms. The third kappa shape index (κ3) is 9.30. The molecule has 0 aromatic heterocycles. The van der Waals surface area contributed by atoms with E-state index < -0.39 is 0 Å². The van der Waals surface area contributed by atoms with Crippen LogP contribution in [0.2, 0.25) is 0 Å². The SMILES string of the molecule is COCC(=O)NCCCCN(C)C. The number of nitrogens with zero attached hydrogens (tertiary/aromatic N) is 1. The number of ether oxygens (including phenoxy) is 1. The molecular formula is C9H20N2O2. The highest BCUT2D eigenvalue weighted by molar-refractivity contribution is 5.77. The van der Waals surface area contributed by atoms with E-state index in [1.807, 2.05) is 14.1 Å². The molecule has 4 heteroatoms. The Labute approximate surface area is 80.2 Å². The van der Waals surface area contributed by atoms with Crippen molar-refractivity contribution in [3.8, 4) is 0 Å². The van der Waals surface area contributed by atoms with Crippen LogP contribution in [0.25, 0.3) is 0 Å². The molecule has 1 amide bonds. The second kappa shape index (κ2) is 8.01. The summed E-state index contributed by atoms with van der Waals surface area (Å²) in [5, 5.41) is 2.77. The van der Waals surface area contributed by atoms with Crippen molar-refractivity contribution < 1.29 is 9.53 Å². The highest BCUT2D eigenvalue weighted by Gasteiger charge is 1.97. The molecule has 0 aromatic carbocycles. The van der Waals surface area contributed by atoms with Crippen molar-refractivity contribution in [1.82, 2.24) is 10.2 Å². The van der Waals surface area contributed by atoms with Crippen LogP contribution in [0, 0.1) is 0 Å². The minimum atomic E-state index is -0.0349. The van der Waals surface area contributed by atoms with Crippen LogP contribution in [0.15, 0.2) is 0 Å². The summed E-state index contributed by atoms with van der Waals surface area (Å²) in [6, 6.07) is 0. The maximum atomic E-state index is 10.9. The largest absolute Gasteiger partial charge is 0.375 e. The number of carbonyl (C=O) groups excluding carboxylic acids is 1. The minimum absolute atomic E-state index is 0.0349. The number of hydrogen-bond donors (Lipinski definition) is 1. The standard InChI is InChI=1S/C9H20N2O2/c1-11(2)7-5-4-6-10-9(12)8-13-3/h4-8H2,1-3H3,(H,10,12). The molecule has 0 saturated carbocycles. The Morgan fingerprint density at radius 2 is 2.08 bits per heavy atom. The molecule has 0 aliphatic heterocycles. The molecule has 0 atom stereocenters. The first-order chi connectivity index (χ1) is 6.16. The summed E-state index contributed by atoms with van der Waals surface area (Å²) in [6.07, 6.45) is 2.13. The van der Waals surface area contributed by atoms with E-state index >= 15 is 0 Å². The molecule has 13 heavy (non-hydrogen) atoms. The van der Waals surface area contributed by atoms with Crippen molar-refractivity contribution in [3.05, 3.63) is 0 Å². The number of carbonyl (C=O) groups is 1. The fourth-order valence-electron chi connectivity index (χ4n) is 0.963. The van der Waals surface area contributed by atoms with E-state index in [4.69, 9.17) is 0 Å². The Kier molecular flexibility index (Phi) is 7.63. The maximum absolute atomic E-state index is 10.9. The third-order valence-corrected chi connectivity index (χ3v) is 1.63. The van der Waals surface area contributed by atoms with Gasteiger partial charge in [-0.15, -0.1) is 0 Å². The number of hydrogen-bond acceptors (Lipinski definition) is 3. The second-order valence-corrected chi connectivity index (χ2v) is 3.29. The van der Waals surface area contributed by atoms with Gasteiger partial charge in [-0.1, -0.05) is 0 Å². The van der Waals surface area contributed by atoms with Crippen LogP contribution in [0.3, 0.4) is 0 Å². The minimum Gasteiger partial charge on any atom is -0.375 e. The molecule has 1 N–H and O–H groups in total. The lowest BCUT2D eigenvalue weighted by Gasteiger charge is -2.09. The molecule has 0 unspecified atom stereocenters. The van der Waals surface area contributed by atoms with Gasteiger partial charge in [0.05, 0.1) is 0 Å². The zero-order valence-corrected chi connectivity index (χ0v) is 8.80. The van der Waals surface area contributed by atoms with Crippen LogP contribution in [0.4, 0.5) is 0 Å². The molecule has 0 aliphatic carbocycles. The maximum Gasteiger partial charge on any atom is 0.245 e. The van der Waals surface area contributed by atoms with E-state index in [9.17, 15) is 4.79 Å². The van der Waals surface area contributed by atoms with Crippen LogP contribution < -0.4 is 5.32 Å². The highest BCUT2D eigenvalue weighted by atomic mass is 16.5. The van der Waals surface area contributed by atoms with Crippen molar-refractivity contribution >= 4 is 5.91 Å². The van der Waals surface area contributed by atoms with E-state index in [1.54, 1.807) is 0 Å². The molecule has 0 saturated heterocycles. The zero-order chi connectivity index (χ0) is 10.1. The molecule has 78 valence electrons. The Morgan fingerprint density at radius 1 is 1.38 bits per heavy atom. The van der Waals surface area contributed by atoms with E-state index in [0.29, 0.717) is 0 Å². The number of unbranched alkanes of at least 4 members (excludes halogenated alkanes) is 1. The first kappa shape index (κ1) is 12.4. The molecule has 0 radical (unpaired) electrons. The lowest BCUT2D eigenvalue weighted by atomic mass is 10.3. The molecule has 4 nitrogen and oxygen atoms in total. The average Bonchev–Trinajstić information content (AvgIpc) is 2.03. The summed E-state index contributed by atoms with van der Waals surface area (Å²) in [6.45, 7) is 1.98. The number of rotatable bonds is 7. The van der Waals surface area contributed by atoms with Gasteiger partial charge in [0.1, 0.15) is 6.61 Å². The Bertz CT molecular complexity index is 138. The fraction of sp³-hybridized carbons (Fsp3) is 0.889. The fourth-order valence-corrected chi connectivity index (χ4v) is 0.963. The summed E-state index contributed by atoms with van der Waals surface area (Å²) >= 11 is 0. The molecule has 0 spiro atoms. The Balaban J connectivity index is 3.11. The second-order valence-electron chi connectivity index (χ2n) is 3.29. The summed E-state index contributed by atoms with van der Waals surface area (Å²) in [7, 11) is 5.61. The van der Waals surface area contributed by atoms with Gasteiger partial charge in [0.25, 0.3) is 0 Å². The van der Waals surface area contributed by atoms with Crippen LogP contribution >= 0.6 is 0 Å². The molecule has 0 aromatic rings. The predicted molar refractivity (Wildman–Crippen MR) is 52.7 cm³/mol. The lowest BCUT2D eigenvalue weighted by Crippen LogP contribution is -2.28. The smallest absolute Gasteiger partial charge is 0.245 e. The topological polar surface area (TPSA) is 41.6 Å². The van der Waals surface area contributed by atoms with Crippen molar-refractivity contribution in [2.45, 2.75) is 12.8 Å². The Morgan fingerprint density at radius 3 is 2.62 bits per heavy atom. The molecule has 0 rings (SSSR count). The van der Waals surface area contributed by atoms with Gasteiger partial charge in [0, 0.05) is 13.7 Å². The first-order valence-electron chi connectivity index (χ1n) is 4.57. The molecule has 0 fully saturated rings. The van der Waals surface area contributed by atoms with Crippen molar-refractivity contribution in [2.75, 3.05) is 40.9 Å². The molecule has 0 aliphatic rings. The van der Waals surface area contributed by atoms with Gasteiger partial charge < -0.3 is 15.0 Å². The third-order valence-electron chi connectivity index (χ3n) is 1.63. The van der Waals surface area contributed by atoms with Gasteiger partial charge >= 0.3 is 0 Å². The molecule has 0 heterocycles. The summed E-state index contributed by atoms with van der Waals surface area (Å²) in [5.41, 5.74) is 0. The number of amides is 1.